The average molecular weight is 311 g/mol. The number of rotatable bonds is 0. The van der Waals surface area contributed by atoms with E-state index in [9.17, 15) is 13.2 Å². The number of aromatic nitrogens is 2. The number of hydrogen-bond acceptors (Lipinski definition) is 2. The van der Waals surface area contributed by atoms with Gasteiger partial charge in [0.05, 0.1) is 16.3 Å². The third-order valence-corrected chi connectivity index (χ3v) is 3.15. The first-order valence-corrected chi connectivity index (χ1v) is 6.35. The van der Waals surface area contributed by atoms with Crippen LogP contribution in [-0.2, 0) is 6.18 Å². The Balaban J connectivity index is 2.31. The summed E-state index contributed by atoms with van der Waals surface area (Å²) in [7, 11) is 0. The van der Waals surface area contributed by atoms with Crippen LogP contribution in [0.5, 0.6) is 0 Å². The quantitative estimate of drug-likeness (QED) is 0.683. The molecule has 2 aromatic rings. The summed E-state index contributed by atoms with van der Waals surface area (Å²) in [6.45, 7) is 3.71. The summed E-state index contributed by atoms with van der Waals surface area (Å²) in [6, 6.07) is 5.14. The van der Waals surface area contributed by atoms with Crippen LogP contribution in [0.3, 0.4) is 0 Å². The molecule has 0 spiro atoms. The first-order valence-electron chi connectivity index (χ1n) is 5.97. The highest BCUT2D eigenvalue weighted by Gasteiger charge is 2.32. The summed E-state index contributed by atoms with van der Waals surface area (Å²) in [5.41, 5.74) is 1.71. The third-order valence-electron chi connectivity index (χ3n) is 2.84. The van der Waals surface area contributed by atoms with Crippen LogP contribution >= 0.6 is 11.6 Å². The van der Waals surface area contributed by atoms with Crippen LogP contribution in [0.2, 0.25) is 5.02 Å². The minimum atomic E-state index is -4.47. The van der Waals surface area contributed by atoms with Gasteiger partial charge in [-0.1, -0.05) is 17.5 Å². The van der Waals surface area contributed by atoms with E-state index in [1.807, 2.05) is 13.8 Å². The molecule has 0 atom stereocenters. The fourth-order valence-corrected chi connectivity index (χ4v) is 1.85. The van der Waals surface area contributed by atoms with Crippen molar-refractivity contribution in [3.05, 3.63) is 57.4 Å². The predicted octanol–water partition coefficient (Wildman–Crippen LogP) is 4.17. The molecule has 0 fully saturated rings. The second-order valence-electron chi connectivity index (χ2n) is 4.44. The molecule has 0 saturated heterocycles. The van der Waals surface area contributed by atoms with Gasteiger partial charge in [-0.05, 0) is 49.6 Å². The van der Waals surface area contributed by atoms with Crippen LogP contribution in [-0.4, -0.2) is 10.2 Å². The van der Waals surface area contributed by atoms with Crippen molar-refractivity contribution in [2.24, 2.45) is 0 Å². The lowest BCUT2D eigenvalue weighted by Crippen LogP contribution is -2.05. The number of aryl methyl sites for hydroxylation is 2. The molecule has 2 rings (SSSR count). The van der Waals surface area contributed by atoms with E-state index in [4.69, 9.17) is 11.6 Å². The predicted molar refractivity (Wildman–Crippen MR) is 73.9 cm³/mol. The second kappa shape index (κ2) is 5.74. The van der Waals surface area contributed by atoms with Crippen molar-refractivity contribution in [1.82, 2.24) is 10.2 Å². The van der Waals surface area contributed by atoms with Crippen molar-refractivity contribution in [2.75, 3.05) is 0 Å². The highest BCUT2D eigenvalue weighted by Crippen LogP contribution is 2.34. The monoisotopic (exact) mass is 310 g/mol. The maximum atomic E-state index is 12.6. The Labute approximate surface area is 125 Å². The molecule has 21 heavy (non-hydrogen) atoms. The summed E-state index contributed by atoms with van der Waals surface area (Å²) < 4.78 is 37.7. The van der Waals surface area contributed by atoms with Crippen molar-refractivity contribution >= 4 is 11.6 Å². The molecule has 0 radical (unpaired) electrons. The number of alkyl halides is 3. The number of hydrogen-bond donors (Lipinski definition) is 0. The summed E-state index contributed by atoms with van der Waals surface area (Å²) in [5.74, 6) is 5.47. The smallest absolute Gasteiger partial charge is 0.166 e. The Bertz CT molecular complexity index is 743. The zero-order valence-electron chi connectivity index (χ0n) is 11.2. The Hall–Kier alpha value is -2.06. The van der Waals surface area contributed by atoms with E-state index in [1.54, 1.807) is 6.07 Å². The molecule has 108 valence electrons. The molecular weight excluding hydrogens is 301 g/mol. The molecule has 6 heteroatoms. The molecule has 0 unspecified atom stereocenters. The van der Waals surface area contributed by atoms with Gasteiger partial charge >= 0.3 is 6.18 Å². The minimum absolute atomic E-state index is 0.375. The van der Waals surface area contributed by atoms with Crippen molar-refractivity contribution in [1.29, 1.82) is 0 Å². The highest BCUT2D eigenvalue weighted by atomic mass is 35.5. The SMILES string of the molecule is Cc1cc(C#Cc2ccc(C(F)(F)F)c(Cl)c2)nnc1C. The van der Waals surface area contributed by atoms with Crippen LogP contribution in [0.25, 0.3) is 0 Å². The van der Waals surface area contributed by atoms with Crippen molar-refractivity contribution in [2.45, 2.75) is 20.0 Å². The van der Waals surface area contributed by atoms with Crippen LogP contribution < -0.4 is 0 Å². The van der Waals surface area contributed by atoms with Crippen LogP contribution in [0.1, 0.15) is 28.1 Å². The molecule has 0 N–H and O–H groups in total. The molecule has 2 nitrogen and oxygen atoms in total. The average Bonchev–Trinajstić information content (AvgIpc) is 2.39. The lowest BCUT2D eigenvalue weighted by molar-refractivity contribution is -0.137. The standard InChI is InChI=1S/C15H10ClF3N2/c1-9-7-12(21-20-10(9)2)5-3-11-4-6-13(14(16)8-11)15(17,18)19/h4,6-8H,1-2H3. The van der Waals surface area contributed by atoms with E-state index < -0.39 is 11.7 Å². The van der Waals surface area contributed by atoms with Crippen LogP contribution in [0.15, 0.2) is 24.3 Å². The van der Waals surface area contributed by atoms with Crippen molar-refractivity contribution in [3.63, 3.8) is 0 Å². The summed E-state index contributed by atoms with van der Waals surface area (Å²) >= 11 is 5.63. The molecule has 1 heterocycles. The maximum Gasteiger partial charge on any atom is 0.417 e. The molecule has 0 aliphatic rings. The largest absolute Gasteiger partial charge is 0.417 e. The van der Waals surface area contributed by atoms with Gasteiger partial charge in [-0.2, -0.15) is 18.3 Å². The Morgan fingerprint density at radius 1 is 1.05 bits per heavy atom. The van der Waals surface area contributed by atoms with Crippen LogP contribution in [0, 0.1) is 25.7 Å². The number of halogens is 4. The zero-order chi connectivity index (χ0) is 15.6. The van der Waals surface area contributed by atoms with Gasteiger partial charge in [0, 0.05) is 5.56 Å². The van der Waals surface area contributed by atoms with E-state index in [1.165, 1.54) is 12.1 Å². The molecule has 0 amide bonds. The van der Waals surface area contributed by atoms with Crippen molar-refractivity contribution < 1.29 is 13.2 Å². The van der Waals surface area contributed by atoms with E-state index >= 15 is 0 Å². The highest BCUT2D eigenvalue weighted by molar-refractivity contribution is 6.31. The normalized spacial score (nSPS) is 11.0. The number of benzene rings is 1. The molecule has 0 aliphatic carbocycles. The maximum absolute atomic E-state index is 12.6. The van der Waals surface area contributed by atoms with Gasteiger partial charge < -0.3 is 0 Å². The van der Waals surface area contributed by atoms with Crippen LogP contribution in [0.4, 0.5) is 13.2 Å². The minimum Gasteiger partial charge on any atom is -0.166 e. The van der Waals surface area contributed by atoms with Gasteiger partial charge in [-0.15, -0.1) is 5.10 Å². The van der Waals surface area contributed by atoms with Gasteiger partial charge in [-0.3, -0.25) is 0 Å². The third kappa shape index (κ3) is 3.73. The van der Waals surface area contributed by atoms with E-state index in [2.05, 4.69) is 22.0 Å². The summed E-state index contributed by atoms with van der Waals surface area (Å²) in [4.78, 5) is 0. The van der Waals surface area contributed by atoms with Gasteiger partial charge in [0.2, 0.25) is 0 Å². The fraction of sp³-hybridized carbons (Fsp3) is 0.200. The lowest BCUT2D eigenvalue weighted by atomic mass is 10.1. The Morgan fingerprint density at radius 2 is 1.76 bits per heavy atom. The van der Waals surface area contributed by atoms with Gasteiger partial charge in [0.15, 0.2) is 0 Å². The summed E-state index contributed by atoms with van der Waals surface area (Å²) in [5, 5.41) is 7.45. The Morgan fingerprint density at radius 3 is 2.33 bits per heavy atom. The van der Waals surface area contributed by atoms with Gasteiger partial charge in [-0.25, -0.2) is 0 Å². The van der Waals surface area contributed by atoms with E-state index in [0.717, 1.165) is 17.3 Å². The topological polar surface area (TPSA) is 25.8 Å². The van der Waals surface area contributed by atoms with Gasteiger partial charge in [0.25, 0.3) is 0 Å². The summed E-state index contributed by atoms with van der Waals surface area (Å²) in [6.07, 6.45) is -4.47. The molecule has 0 aliphatic heterocycles. The zero-order valence-corrected chi connectivity index (χ0v) is 12.0. The second-order valence-corrected chi connectivity index (χ2v) is 4.85. The molecule has 1 aromatic carbocycles. The van der Waals surface area contributed by atoms with Gasteiger partial charge in [0.1, 0.15) is 5.69 Å². The lowest BCUT2D eigenvalue weighted by Gasteiger charge is -2.08. The fourth-order valence-electron chi connectivity index (χ4n) is 1.57. The molecule has 0 bridgehead atoms. The molecular formula is C15H10ClF3N2. The first-order chi connectivity index (χ1) is 9.77. The number of nitrogens with zero attached hydrogens (tertiary/aromatic N) is 2. The first kappa shape index (κ1) is 15.3. The van der Waals surface area contributed by atoms with E-state index in [0.29, 0.717) is 11.3 Å². The van der Waals surface area contributed by atoms with E-state index in [-0.39, 0.29) is 5.02 Å². The molecule has 0 saturated carbocycles. The Kier molecular flexibility index (Phi) is 4.19. The van der Waals surface area contributed by atoms with Crippen molar-refractivity contribution in [3.8, 4) is 11.8 Å². The molecule has 1 aromatic heterocycles.